The maximum absolute atomic E-state index is 13.3. The van der Waals surface area contributed by atoms with Gasteiger partial charge in [0.2, 0.25) is 5.91 Å². The van der Waals surface area contributed by atoms with Crippen LogP contribution in [-0.2, 0) is 9.53 Å². The molecule has 0 aliphatic carbocycles. The molecule has 0 radical (unpaired) electrons. The Balaban J connectivity index is 1.54. The topological polar surface area (TPSA) is 53.1 Å². The van der Waals surface area contributed by atoms with Gasteiger partial charge < -0.3 is 14.5 Å². The standard InChI is InChI=1S/C20H27ClFN3O3/c1-15(26)25(7-2-6-23-9-11-28-12-10-23)17-5-8-24(14-17)20(27)16-3-4-19(22)18(21)13-16/h3-4,13,17H,2,5-12,14H2,1H3. The molecule has 0 bridgehead atoms. The second-order valence-corrected chi connectivity index (χ2v) is 7.75. The summed E-state index contributed by atoms with van der Waals surface area (Å²) >= 11 is 5.80. The first kappa shape index (κ1) is 21.0. The summed E-state index contributed by atoms with van der Waals surface area (Å²) in [4.78, 5) is 30.8. The lowest BCUT2D eigenvalue weighted by atomic mass is 10.2. The van der Waals surface area contributed by atoms with Crippen LogP contribution in [0.15, 0.2) is 18.2 Å². The molecular formula is C20H27ClFN3O3. The zero-order valence-electron chi connectivity index (χ0n) is 16.2. The number of carbonyl (C=O) groups is 2. The van der Waals surface area contributed by atoms with Crippen molar-refractivity contribution in [2.24, 2.45) is 0 Å². The van der Waals surface area contributed by atoms with Crippen LogP contribution in [0.4, 0.5) is 4.39 Å². The zero-order valence-corrected chi connectivity index (χ0v) is 17.0. The fourth-order valence-corrected chi connectivity index (χ4v) is 4.06. The summed E-state index contributed by atoms with van der Waals surface area (Å²) in [6.07, 6.45) is 1.65. The monoisotopic (exact) mass is 411 g/mol. The van der Waals surface area contributed by atoms with Gasteiger partial charge in [-0.05, 0) is 31.0 Å². The van der Waals surface area contributed by atoms with Crippen LogP contribution in [0, 0.1) is 5.82 Å². The van der Waals surface area contributed by atoms with E-state index in [4.69, 9.17) is 16.3 Å². The Bertz CT molecular complexity index is 712. The van der Waals surface area contributed by atoms with Gasteiger partial charge in [0.25, 0.3) is 5.91 Å². The van der Waals surface area contributed by atoms with Crippen LogP contribution in [0.1, 0.15) is 30.1 Å². The second kappa shape index (κ2) is 9.67. The van der Waals surface area contributed by atoms with Gasteiger partial charge in [-0.15, -0.1) is 0 Å². The lowest BCUT2D eigenvalue weighted by molar-refractivity contribution is -0.131. The highest BCUT2D eigenvalue weighted by molar-refractivity contribution is 6.31. The average molecular weight is 412 g/mol. The highest BCUT2D eigenvalue weighted by Crippen LogP contribution is 2.22. The van der Waals surface area contributed by atoms with Crippen molar-refractivity contribution in [1.29, 1.82) is 0 Å². The van der Waals surface area contributed by atoms with E-state index in [0.29, 0.717) is 25.2 Å². The number of rotatable bonds is 6. The van der Waals surface area contributed by atoms with Gasteiger partial charge in [0, 0.05) is 51.8 Å². The predicted octanol–water partition coefficient (Wildman–Crippen LogP) is 2.26. The molecule has 0 spiro atoms. The Kier molecular flexibility index (Phi) is 7.26. The number of likely N-dealkylation sites (tertiary alicyclic amines) is 1. The van der Waals surface area contributed by atoms with Crippen LogP contribution in [0.2, 0.25) is 5.02 Å². The quantitative estimate of drug-likeness (QED) is 0.720. The van der Waals surface area contributed by atoms with Crippen LogP contribution in [0.25, 0.3) is 0 Å². The Hall–Kier alpha value is -1.70. The molecule has 1 unspecified atom stereocenters. The Morgan fingerprint density at radius 3 is 2.71 bits per heavy atom. The lowest BCUT2D eigenvalue weighted by Gasteiger charge is -2.30. The largest absolute Gasteiger partial charge is 0.379 e. The number of hydrogen-bond donors (Lipinski definition) is 0. The number of ether oxygens (including phenoxy) is 1. The summed E-state index contributed by atoms with van der Waals surface area (Å²) in [6.45, 7) is 7.68. The van der Waals surface area contributed by atoms with E-state index in [1.54, 1.807) is 11.8 Å². The van der Waals surface area contributed by atoms with Crippen LogP contribution in [0.5, 0.6) is 0 Å². The maximum Gasteiger partial charge on any atom is 0.253 e. The van der Waals surface area contributed by atoms with Crippen molar-refractivity contribution in [3.8, 4) is 0 Å². The van der Waals surface area contributed by atoms with Crippen LogP contribution in [-0.4, -0.2) is 85.0 Å². The number of benzene rings is 1. The summed E-state index contributed by atoms with van der Waals surface area (Å²) in [6, 6.07) is 4.03. The number of hydrogen-bond acceptors (Lipinski definition) is 4. The summed E-state index contributed by atoms with van der Waals surface area (Å²) in [7, 11) is 0. The summed E-state index contributed by atoms with van der Waals surface area (Å²) in [5.74, 6) is -0.687. The zero-order chi connectivity index (χ0) is 20.1. The van der Waals surface area contributed by atoms with E-state index in [1.165, 1.54) is 18.2 Å². The first-order valence-corrected chi connectivity index (χ1v) is 10.1. The van der Waals surface area contributed by atoms with Gasteiger partial charge in [0.15, 0.2) is 0 Å². The minimum atomic E-state index is -0.541. The number of carbonyl (C=O) groups excluding carboxylic acids is 2. The molecule has 6 nitrogen and oxygen atoms in total. The van der Waals surface area contributed by atoms with Crippen molar-refractivity contribution >= 4 is 23.4 Å². The van der Waals surface area contributed by atoms with Crippen molar-refractivity contribution in [3.63, 3.8) is 0 Å². The van der Waals surface area contributed by atoms with Gasteiger partial charge in [0.05, 0.1) is 24.3 Å². The van der Waals surface area contributed by atoms with E-state index in [1.807, 2.05) is 4.90 Å². The molecule has 2 fully saturated rings. The van der Waals surface area contributed by atoms with E-state index < -0.39 is 5.82 Å². The minimum Gasteiger partial charge on any atom is -0.379 e. The van der Waals surface area contributed by atoms with E-state index in [0.717, 1.165) is 45.7 Å². The Morgan fingerprint density at radius 2 is 2.04 bits per heavy atom. The molecule has 2 aliphatic heterocycles. The molecule has 154 valence electrons. The molecule has 8 heteroatoms. The molecule has 2 saturated heterocycles. The third-order valence-electron chi connectivity index (χ3n) is 5.44. The second-order valence-electron chi connectivity index (χ2n) is 7.34. The Morgan fingerprint density at radius 1 is 1.29 bits per heavy atom. The van der Waals surface area contributed by atoms with Gasteiger partial charge >= 0.3 is 0 Å². The molecule has 2 amide bonds. The minimum absolute atomic E-state index is 0.0158. The highest BCUT2D eigenvalue weighted by Gasteiger charge is 2.32. The van der Waals surface area contributed by atoms with Gasteiger partial charge in [-0.2, -0.15) is 0 Å². The van der Waals surface area contributed by atoms with Crippen LogP contribution < -0.4 is 0 Å². The van der Waals surface area contributed by atoms with Gasteiger partial charge in [-0.25, -0.2) is 4.39 Å². The van der Waals surface area contributed by atoms with Crippen LogP contribution in [0.3, 0.4) is 0 Å². The van der Waals surface area contributed by atoms with E-state index in [-0.39, 0.29) is 22.9 Å². The number of nitrogens with zero attached hydrogens (tertiary/aromatic N) is 3. The van der Waals surface area contributed by atoms with Crippen molar-refractivity contribution in [3.05, 3.63) is 34.6 Å². The average Bonchev–Trinajstić information content (AvgIpc) is 3.17. The number of amides is 2. The number of morpholine rings is 1. The molecule has 2 heterocycles. The lowest BCUT2D eigenvalue weighted by Crippen LogP contribution is -2.43. The predicted molar refractivity (Wildman–Crippen MR) is 105 cm³/mol. The summed E-state index contributed by atoms with van der Waals surface area (Å²) in [5, 5.41) is -0.0601. The van der Waals surface area contributed by atoms with E-state index >= 15 is 0 Å². The summed E-state index contributed by atoms with van der Waals surface area (Å²) in [5.41, 5.74) is 0.369. The smallest absolute Gasteiger partial charge is 0.253 e. The summed E-state index contributed by atoms with van der Waals surface area (Å²) < 4.78 is 18.7. The molecule has 3 rings (SSSR count). The molecule has 0 saturated carbocycles. The molecule has 0 aromatic heterocycles. The van der Waals surface area contributed by atoms with Crippen molar-refractivity contribution in [1.82, 2.24) is 14.7 Å². The van der Waals surface area contributed by atoms with Gasteiger partial charge in [-0.1, -0.05) is 11.6 Å². The van der Waals surface area contributed by atoms with Gasteiger partial charge in [-0.3, -0.25) is 14.5 Å². The molecule has 1 atom stereocenters. The van der Waals surface area contributed by atoms with Gasteiger partial charge in [0.1, 0.15) is 5.82 Å². The highest BCUT2D eigenvalue weighted by atomic mass is 35.5. The molecule has 0 N–H and O–H groups in total. The third kappa shape index (κ3) is 5.21. The first-order valence-electron chi connectivity index (χ1n) is 9.77. The number of halogens is 2. The SMILES string of the molecule is CC(=O)N(CCCN1CCOCC1)C1CCN(C(=O)c2ccc(F)c(Cl)c2)C1. The van der Waals surface area contributed by atoms with Crippen molar-refractivity contribution < 1.29 is 18.7 Å². The first-order chi connectivity index (χ1) is 13.5. The fraction of sp³-hybridized carbons (Fsp3) is 0.600. The van der Waals surface area contributed by atoms with Crippen molar-refractivity contribution in [2.75, 3.05) is 52.5 Å². The molecule has 28 heavy (non-hydrogen) atoms. The molecule has 1 aromatic carbocycles. The van der Waals surface area contributed by atoms with E-state index in [2.05, 4.69) is 4.90 Å². The molecule has 2 aliphatic rings. The van der Waals surface area contributed by atoms with Crippen LogP contribution >= 0.6 is 11.6 Å². The molecule has 1 aromatic rings. The Labute approximate surface area is 170 Å². The molecular weight excluding hydrogens is 385 g/mol. The maximum atomic E-state index is 13.3. The normalized spacial score (nSPS) is 20.4. The van der Waals surface area contributed by atoms with Crippen molar-refractivity contribution in [2.45, 2.75) is 25.8 Å². The third-order valence-corrected chi connectivity index (χ3v) is 5.73. The van der Waals surface area contributed by atoms with E-state index in [9.17, 15) is 14.0 Å². The fourth-order valence-electron chi connectivity index (χ4n) is 3.88.